The van der Waals surface area contributed by atoms with Crippen molar-refractivity contribution in [3.05, 3.63) is 17.5 Å². The molecule has 0 aromatic carbocycles. The maximum Gasteiger partial charge on any atom is 0.277 e. The monoisotopic (exact) mass is 244 g/mol. The Bertz CT molecular complexity index is 366. The van der Waals surface area contributed by atoms with E-state index >= 15 is 0 Å². The van der Waals surface area contributed by atoms with Gasteiger partial charge in [0.2, 0.25) is 0 Å². The summed E-state index contributed by atoms with van der Waals surface area (Å²) in [7, 11) is 0. The van der Waals surface area contributed by atoms with E-state index < -0.39 is 0 Å². The van der Waals surface area contributed by atoms with E-state index in [0.717, 1.165) is 18.8 Å². The first-order valence-electron chi connectivity index (χ1n) is 5.21. The van der Waals surface area contributed by atoms with Gasteiger partial charge in [0, 0.05) is 13.1 Å². The second kappa shape index (κ2) is 5.12. The van der Waals surface area contributed by atoms with Gasteiger partial charge in [-0.15, -0.1) is 12.4 Å². The van der Waals surface area contributed by atoms with E-state index in [9.17, 15) is 5.21 Å². The van der Waals surface area contributed by atoms with Crippen LogP contribution in [0.1, 0.15) is 19.3 Å². The number of anilines is 3. The molecular weight excluding hydrogens is 228 g/mol. The number of halogens is 1. The summed E-state index contributed by atoms with van der Waals surface area (Å²) in [5.41, 5.74) is 12.8. The topological polar surface area (TPSA) is 82.2 Å². The molecule has 0 bridgehead atoms. The minimum atomic E-state index is 0. The average Bonchev–Trinajstić information content (AvgIpc) is 2.25. The van der Waals surface area contributed by atoms with Gasteiger partial charge < -0.3 is 15.8 Å². The van der Waals surface area contributed by atoms with Crippen LogP contribution in [0.2, 0.25) is 0 Å². The summed E-state index contributed by atoms with van der Waals surface area (Å²) >= 11 is 0. The molecule has 0 amide bonds. The van der Waals surface area contributed by atoms with Crippen LogP contribution in [0, 0.1) is 5.21 Å². The number of hydrogen-bond acceptors (Lipinski definition) is 4. The fraction of sp³-hybridized carbons (Fsp3) is 0.500. The van der Waals surface area contributed by atoms with Crippen molar-refractivity contribution in [1.82, 2.24) is 0 Å². The largest absolute Gasteiger partial charge is 0.711 e. The van der Waals surface area contributed by atoms with Crippen LogP contribution in [-0.4, -0.2) is 13.1 Å². The van der Waals surface area contributed by atoms with Crippen LogP contribution in [0.25, 0.3) is 0 Å². The molecular formula is C10H17ClN4O. The fourth-order valence-electron chi connectivity index (χ4n) is 1.96. The number of aromatic nitrogens is 1. The van der Waals surface area contributed by atoms with E-state index in [2.05, 4.69) is 4.90 Å². The van der Waals surface area contributed by atoms with Gasteiger partial charge in [-0.05, 0) is 19.3 Å². The lowest BCUT2D eigenvalue weighted by Crippen LogP contribution is -2.34. The number of hydrogen-bond donors (Lipinski definition) is 2. The Kier molecular flexibility index (Phi) is 4.06. The van der Waals surface area contributed by atoms with Gasteiger partial charge in [-0.2, -0.15) is 0 Å². The van der Waals surface area contributed by atoms with Crippen LogP contribution in [-0.2, 0) is 0 Å². The number of pyridine rings is 1. The van der Waals surface area contributed by atoms with Crippen LogP contribution in [0.3, 0.4) is 0 Å². The zero-order chi connectivity index (χ0) is 10.8. The van der Waals surface area contributed by atoms with Crippen molar-refractivity contribution < 1.29 is 4.73 Å². The van der Waals surface area contributed by atoms with Crippen molar-refractivity contribution in [3.63, 3.8) is 0 Å². The van der Waals surface area contributed by atoms with Gasteiger partial charge in [-0.25, -0.2) is 4.73 Å². The normalized spacial score (nSPS) is 15.6. The molecule has 1 aromatic rings. The first-order chi connectivity index (χ1) is 7.18. The molecule has 0 unspecified atom stereocenters. The predicted octanol–water partition coefficient (Wildman–Crippen LogP) is 0.896. The van der Waals surface area contributed by atoms with Gasteiger partial charge >= 0.3 is 0 Å². The molecule has 1 saturated heterocycles. The standard InChI is InChI=1S/C10H16N4O.ClH/c11-8-7-14(15)10(12)6-9(8)13-4-2-1-3-5-13;/h6-7H,1-5,11-12H2;1H. The highest BCUT2D eigenvalue weighted by atomic mass is 35.5. The van der Waals surface area contributed by atoms with Crippen LogP contribution in [0.15, 0.2) is 12.3 Å². The fourth-order valence-corrected chi connectivity index (χ4v) is 1.96. The Labute approximate surface area is 101 Å². The van der Waals surface area contributed by atoms with Crippen LogP contribution in [0.4, 0.5) is 17.2 Å². The molecule has 0 atom stereocenters. The lowest BCUT2D eigenvalue weighted by atomic mass is 10.1. The number of piperidine rings is 1. The first kappa shape index (κ1) is 12.7. The van der Waals surface area contributed by atoms with E-state index in [1.165, 1.54) is 25.5 Å². The summed E-state index contributed by atoms with van der Waals surface area (Å²) in [5, 5.41) is 11.2. The third kappa shape index (κ3) is 2.41. The molecule has 1 aliphatic rings. The molecule has 1 fully saturated rings. The third-order valence-corrected chi connectivity index (χ3v) is 2.79. The molecule has 1 aliphatic heterocycles. The Balaban J connectivity index is 0.00000128. The summed E-state index contributed by atoms with van der Waals surface area (Å²) < 4.78 is 0.600. The quantitative estimate of drug-likeness (QED) is 0.568. The highest BCUT2D eigenvalue weighted by Gasteiger charge is 2.15. The number of rotatable bonds is 1. The maximum atomic E-state index is 11.2. The van der Waals surface area contributed by atoms with Crippen LogP contribution < -0.4 is 21.1 Å². The van der Waals surface area contributed by atoms with Crippen molar-refractivity contribution >= 4 is 29.6 Å². The molecule has 0 aliphatic carbocycles. The predicted molar refractivity (Wildman–Crippen MR) is 67.5 cm³/mol. The van der Waals surface area contributed by atoms with Crippen molar-refractivity contribution in [2.24, 2.45) is 0 Å². The van der Waals surface area contributed by atoms with E-state index in [1.807, 2.05) is 0 Å². The Morgan fingerprint density at radius 3 is 2.44 bits per heavy atom. The summed E-state index contributed by atoms with van der Waals surface area (Å²) in [6.45, 7) is 1.99. The summed E-state index contributed by atoms with van der Waals surface area (Å²) in [5.74, 6) is 0.199. The zero-order valence-corrected chi connectivity index (χ0v) is 9.87. The van der Waals surface area contributed by atoms with Gasteiger partial charge in [-0.1, -0.05) is 0 Å². The molecule has 0 radical (unpaired) electrons. The van der Waals surface area contributed by atoms with Crippen LogP contribution in [0.5, 0.6) is 0 Å². The lowest BCUT2D eigenvalue weighted by Gasteiger charge is -2.29. The smallest absolute Gasteiger partial charge is 0.277 e. The average molecular weight is 245 g/mol. The summed E-state index contributed by atoms with van der Waals surface area (Å²) in [6.07, 6.45) is 4.94. The SMILES string of the molecule is Cl.Nc1c[n+]([O-])c(N)cc1N1CCCCC1. The molecule has 5 nitrogen and oxygen atoms in total. The maximum absolute atomic E-state index is 11.2. The Morgan fingerprint density at radius 1 is 1.19 bits per heavy atom. The molecule has 0 spiro atoms. The molecule has 0 saturated carbocycles. The first-order valence-corrected chi connectivity index (χ1v) is 5.21. The van der Waals surface area contributed by atoms with Crippen molar-refractivity contribution in [1.29, 1.82) is 0 Å². The summed E-state index contributed by atoms with van der Waals surface area (Å²) in [6, 6.07) is 1.66. The molecule has 16 heavy (non-hydrogen) atoms. The zero-order valence-electron chi connectivity index (χ0n) is 9.06. The van der Waals surface area contributed by atoms with E-state index in [4.69, 9.17) is 11.5 Å². The van der Waals surface area contributed by atoms with Gasteiger partial charge in [0.1, 0.15) is 6.20 Å². The lowest BCUT2D eigenvalue weighted by molar-refractivity contribution is -0.589. The van der Waals surface area contributed by atoms with E-state index in [-0.39, 0.29) is 18.2 Å². The molecule has 2 rings (SSSR count). The van der Waals surface area contributed by atoms with E-state index in [0.29, 0.717) is 10.4 Å². The van der Waals surface area contributed by atoms with Gasteiger partial charge in [0.05, 0.1) is 17.4 Å². The molecule has 6 heteroatoms. The number of nitrogens with zero attached hydrogens (tertiary/aromatic N) is 2. The minimum Gasteiger partial charge on any atom is -0.711 e. The number of nitrogen functional groups attached to an aromatic ring is 2. The highest BCUT2D eigenvalue weighted by Crippen LogP contribution is 2.26. The van der Waals surface area contributed by atoms with E-state index in [1.54, 1.807) is 6.07 Å². The van der Waals surface area contributed by atoms with Crippen molar-refractivity contribution in [2.75, 3.05) is 29.5 Å². The minimum absolute atomic E-state index is 0. The Hall–Kier alpha value is -1.36. The number of nitrogens with two attached hydrogens (primary N) is 2. The Morgan fingerprint density at radius 2 is 1.81 bits per heavy atom. The van der Waals surface area contributed by atoms with Gasteiger partial charge in [-0.3, -0.25) is 5.73 Å². The van der Waals surface area contributed by atoms with Crippen molar-refractivity contribution in [3.8, 4) is 0 Å². The third-order valence-electron chi connectivity index (χ3n) is 2.79. The molecule has 2 heterocycles. The highest BCUT2D eigenvalue weighted by molar-refractivity contribution is 5.85. The molecule has 4 N–H and O–H groups in total. The second-order valence-corrected chi connectivity index (χ2v) is 3.91. The molecule has 90 valence electrons. The van der Waals surface area contributed by atoms with Gasteiger partial charge in [0.25, 0.3) is 5.82 Å². The van der Waals surface area contributed by atoms with Crippen molar-refractivity contribution in [2.45, 2.75) is 19.3 Å². The van der Waals surface area contributed by atoms with Crippen LogP contribution >= 0.6 is 12.4 Å². The summed E-state index contributed by atoms with van der Waals surface area (Å²) in [4.78, 5) is 2.19. The second-order valence-electron chi connectivity index (χ2n) is 3.91. The van der Waals surface area contributed by atoms with Gasteiger partial charge in [0.15, 0.2) is 0 Å². The molecule has 1 aromatic heterocycles.